The van der Waals surface area contributed by atoms with Gasteiger partial charge in [-0.15, -0.1) is 0 Å². The summed E-state index contributed by atoms with van der Waals surface area (Å²) < 4.78 is 1.38. The molecule has 6 nitrogen and oxygen atoms in total. The second-order valence-corrected chi connectivity index (χ2v) is 5.28. The number of aliphatic hydroxyl groups excluding tert-OH is 1. The number of hydrogen-bond acceptors (Lipinski definition) is 5. The molecule has 0 unspecified atom stereocenters. The van der Waals surface area contributed by atoms with Crippen molar-refractivity contribution in [2.24, 2.45) is 0 Å². The van der Waals surface area contributed by atoms with E-state index in [0.717, 1.165) is 0 Å². The van der Waals surface area contributed by atoms with Gasteiger partial charge in [0, 0.05) is 6.20 Å². The standard InChI is InChI=1S/C15H13ClN4O2/c1-9(7-21)20-8-18-13-10(15(20)22)6-12(16)19-14(13)11-4-2-3-5-17-11/h2-6,8-9,21H,7H2,1H3/t9-/m0/s1. The van der Waals surface area contributed by atoms with Crippen LogP contribution in [0.3, 0.4) is 0 Å². The van der Waals surface area contributed by atoms with Gasteiger partial charge < -0.3 is 5.11 Å². The maximum atomic E-state index is 12.6. The monoisotopic (exact) mass is 316 g/mol. The van der Waals surface area contributed by atoms with Crippen LogP contribution in [0.15, 0.2) is 41.6 Å². The van der Waals surface area contributed by atoms with Gasteiger partial charge in [-0.05, 0) is 25.1 Å². The molecule has 0 radical (unpaired) electrons. The molecule has 0 saturated carbocycles. The lowest BCUT2D eigenvalue weighted by Crippen LogP contribution is -2.25. The number of aliphatic hydroxyl groups is 1. The number of halogens is 1. The van der Waals surface area contributed by atoms with Crippen molar-refractivity contribution in [1.29, 1.82) is 0 Å². The average Bonchev–Trinajstić information content (AvgIpc) is 2.55. The Morgan fingerprint density at radius 1 is 1.36 bits per heavy atom. The van der Waals surface area contributed by atoms with Crippen LogP contribution < -0.4 is 5.56 Å². The van der Waals surface area contributed by atoms with Gasteiger partial charge in [-0.2, -0.15) is 0 Å². The lowest BCUT2D eigenvalue weighted by atomic mass is 10.2. The molecule has 3 aromatic rings. The molecule has 3 aromatic heterocycles. The first-order valence-corrected chi connectivity index (χ1v) is 7.09. The fourth-order valence-electron chi connectivity index (χ4n) is 2.20. The van der Waals surface area contributed by atoms with Crippen LogP contribution >= 0.6 is 11.6 Å². The zero-order valence-corrected chi connectivity index (χ0v) is 12.5. The second-order valence-electron chi connectivity index (χ2n) is 4.89. The zero-order valence-electron chi connectivity index (χ0n) is 11.8. The predicted octanol–water partition coefficient (Wildman–Crippen LogP) is 2.06. The van der Waals surface area contributed by atoms with Crippen molar-refractivity contribution < 1.29 is 5.11 Å². The molecule has 0 fully saturated rings. The molecule has 0 saturated heterocycles. The average molecular weight is 317 g/mol. The minimum Gasteiger partial charge on any atom is -0.394 e. The largest absolute Gasteiger partial charge is 0.394 e. The summed E-state index contributed by atoms with van der Waals surface area (Å²) in [6, 6.07) is 6.52. The van der Waals surface area contributed by atoms with Crippen LogP contribution in [0.1, 0.15) is 13.0 Å². The van der Waals surface area contributed by atoms with E-state index in [-0.39, 0.29) is 23.4 Å². The summed E-state index contributed by atoms with van der Waals surface area (Å²) in [5.74, 6) is 0. The quantitative estimate of drug-likeness (QED) is 0.748. The molecule has 0 bridgehead atoms. The highest BCUT2D eigenvalue weighted by Crippen LogP contribution is 2.24. The fourth-order valence-corrected chi connectivity index (χ4v) is 2.39. The summed E-state index contributed by atoms with van der Waals surface area (Å²) in [6.07, 6.45) is 3.05. The lowest BCUT2D eigenvalue weighted by Gasteiger charge is -2.13. The SMILES string of the molecule is C[C@@H](CO)n1cnc2c(-c3ccccn3)nc(Cl)cc2c1=O. The van der Waals surface area contributed by atoms with Crippen LogP contribution in [0.5, 0.6) is 0 Å². The minimum absolute atomic E-state index is 0.154. The van der Waals surface area contributed by atoms with Crippen LogP contribution in [0.25, 0.3) is 22.3 Å². The lowest BCUT2D eigenvalue weighted by molar-refractivity contribution is 0.236. The van der Waals surface area contributed by atoms with E-state index < -0.39 is 0 Å². The van der Waals surface area contributed by atoms with E-state index in [0.29, 0.717) is 22.3 Å². The van der Waals surface area contributed by atoms with Gasteiger partial charge in [0.2, 0.25) is 0 Å². The van der Waals surface area contributed by atoms with E-state index in [2.05, 4.69) is 15.0 Å². The van der Waals surface area contributed by atoms with E-state index in [4.69, 9.17) is 11.6 Å². The van der Waals surface area contributed by atoms with Crippen molar-refractivity contribution in [3.63, 3.8) is 0 Å². The Bertz CT molecular complexity index is 880. The van der Waals surface area contributed by atoms with Crippen molar-refractivity contribution in [3.05, 3.63) is 52.3 Å². The molecule has 0 spiro atoms. The van der Waals surface area contributed by atoms with Gasteiger partial charge in [-0.1, -0.05) is 17.7 Å². The normalized spacial score (nSPS) is 12.5. The number of pyridine rings is 2. The van der Waals surface area contributed by atoms with Gasteiger partial charge in [0.25, 0.3) is 5.56 Å². The number of rotatable bonds is 3. The van der Waals surface area contributed by atoms with Gasteiger partial charge in [-0.3, -0.25) is 14.3 Å². The van der Waals surface area contributed by atoms with E-state index in [1.165, 1.54) is 17.0 Å². The molecule has 0 aliphatic carbocycles. The number of fused-ring (bicyclic) bond motifs is 1. The number of aromatic nitrogens is 4. The summed E-state index contributed by atoms with van der Waals surface area (Å²) in [5, 5.41) is 9.78. The molecular formula is C15H13ClN4O2. The van der Waals surface area contributed by atoms with E-state index in [1.807, 2.05) is 6.07 Å². The fraction of sp³-hybridized carbons (Fsp3) is 0.200. The summed E-state index contributed by atoms with van der Waals surface area (Å²) in [7, 11) is 0. The summed E-state index contributed by atoms with van der Waals surface area (Å²) >= 11 is 6.05. The number of nitrogens with zero attached hydrogens (tertiary/aromatic N) is 4. The van der Waals surface area contributed by atoms with Gasteiger partial charge in [0.15, 0.2) is 0 Å². The van der Waals surface area contributed by atoms with Crippen molar-refractivity contribution in [2.75, 3.05) is 6.61 Å². The minimum atomic E-state index is -0.366. The molecule has 3 heterocycles. The van der Waals surface area contributed by atoms with Gasteiger partial charge in [0.1, 0.15) is 16.4 Å². The Morgan fingerprint density at radius 3 is 2.86 bits per heavy atom. The Kier molecular flexibility index (Phi) is 3.87. The van der Waals surface area contributed by atoms with Crippen LogP contribution in [0.2, 0.25) is 5.15 Å². The van der Waals surface area contributed by atoms with Gasteiger partial charge in [0.05, 0.1) is 30.1 Å². The molecule has 0 aliphatic rings. The molecule has 1 N–H and O–H groups in total. The maximum Gasteiger partial charge on any atom is 0.261 e. The van der Waals surface area contributed by atoms with Crippen LogP contribution in [0.4, 0.5) is 0 Å². The first kappa shape index (κ1) is 14.6. The third-order valence-electron chi connectivity index (χ3n) is 3.38. The summed E-state index contributed by atoms with van der Waals surface area (Å²) in [4.78, 5) is 25.4. The third-order valence-corrected chi connectivity index (χ3v) is 3.58. The molecule has 22 heavy (non-hydrogen) atoms. The van der Waals surface area contributed by atoms with Gasteiger partial charge >= 0.3 is 0 Å². The highest BCUT2D eigenvalue weighted by atomic mass is 35.5. The molecule has 0 aromatic carbocycles. The first-order valence-electron chi connectivity index (χ1n) is 6.71. The Hall–Kier alpha value is -2.31. The van der Waals surface area contributed by atoms with E-state index >= 15 is 0 Å². The van der Waals surface area contributed by atoms with Crippen LogP contribution in [0, 0.1) is 0 Å². The van der Waals surface area contributed by atoms with Crippen molar-refractivity contribution in [1.82, 2.24) is 19.5 Å². The maximum absolute atomic E-state index is 12.6. The second kappa shape index (κ2) is 5.82. The Labute approximate surface area is 131 Å². The Morgan fingerprint density at radius 2 is 2.18 bits per heavy atom. The molecule has 3 rings (SSSR count). The summed E-state index contributed by atoms with van der Waals surface area (Å²) in [6.45, 7) is 1.58. The number of hydrogen-bond donors (Lipinski definition) is 1. The van der Waals surface area contributed by atoms with Crippen LogP contribution in [-0.2, 0) is 0 Å². The van der Waals surface area contributed by atoms with Crippen molar-refractivity contribution >= 4 is 22.5 Å². The molecule has 0 amide bonds. The molecular weight excluding hydrogens is 304 g/mol. The topological polar surface area (TPSA) is 80.9 Å². The third kappa shape index (κ3) is 2.47. The zero-order chi connectivity index (χ0) is 15.7. The molecule has 1 atom stereocenters. The molecule has 7 heteroatoms. The van der Waals surface area contributed by atoms with E-state index in [1.54, 1.807) is 25.3 Å². The molecule has 112 valence electrons. The molecule has 0 aliphatic heterocycles. The summed E-state index contributed by atoms with van der Waals surface area (Å²) in [5.41, 5.74) is 1.22. The van der Waals surface area contributed by atoms with Crippen molar-refractivity contribution in [2.45, 2.75) is 13.0 Å². The first-order chi connectivity index (χ1) is 10.6. The Balaban J connectivity index is 2.33. The predicted molar refractivity (Wildman–Crippen MR) is 83.8 cm³/mol. The smallest absolute Gasteiger partial charge is 0.261 e. The highest BCUT2D eigenvalue weighted by molar-refractivity contribution is 6.30. The van der Waals surface area contributed by atoms with Gasteiger partial charge in [-0.25, -0.2) is 9.97 Å². The highest BCUT2D eigenvalue weighted by Gasteiger charge is 2.15. The van der Waals surface area contributed by atoms with E-state index in [9.17, 15) is 9.90 Å². The van der Waals surface area contributed by atoms with Crippen LogP contribution in [-0.4, -0.2) is 31.2 Å². The van der Waals surface area contributed by atoms with Crippen molar-refractivity contribution in [3.8, 4) is 11.4 Å².